The average Bonchev–Trinajstić information content (AvgIpc) is 2.50. The van der Waals surface area contributed by atoms with Crippen LogP contribution in [0.4, 0.5) is 4.39 Å². The van der Waals surface area contributed by atoms with E-state index in [1.165, 1.54) is 32.1 Å². The van der Waals surface area contributed by atoms with Gasteiger partial charge in [0.25, 0.3) is 5.91 Å². The number of allylic oxidation sites excluding steroid dienone is 2. The number of halogens is 1. The van der Waals surface area contributed by atoms with E-state index in [4.69, 9.17) is 4.52 Å². The SMILES string of the molecule is C=C(/C=C(\C)[C@H](NC(=O)c1ccc(F)cc1)[C@H](C)OP(=C)(O)O)C(C)=O. The van der Waals surface area contributed by atoms with Crippen LogP contribution >= 0.6 is 7.57 Å². The van der Waals surface area contributed by atoms with Crippen LogP contribution in [0.2, 0.25) is 0 Å². The highest BCUT2D eigenvalue weighted by Gasteiger charge is 2.26. The number of benzene rings is 1. The Morgan fingerprint density at radius 3 is 2.27 bits per heavy atom. The Hall–Kier alpha value is -2.05. The molecule has 0 unspecified atom stereocenters. The molecular formula is C18H23FNO5P. The highest BCUT2D eigenvalue weighted by atomic mass is 31.2. The Morgan fingerprint density at radius 1 is 1.27 bits per heavy atom. The molecule has 1 aromatic rings. The fraction of sp³-hybridized carbons (Fsp3) is 0.278. The number of amides is 1. The molecule has 0 aliphatic carbocycles. The topological polar surface area (TPSA) is 95.9 Å². The second-order valence-electron chi connectivity index (χ2n) is 5.90. The third-order valence-electron chi connectivity index (χ3n) is 3.54. The van der Waals surface area contributed by atoms with E-state index in [0.717, 1.165) is 12.1 Å². The molecule has 26 heavy (non-hydrogen) atoms. The van der Waals surface area contributed by atoms with E-state index >= 15 is 0 Å². The Balaban J connectivity index is 3.12. The van der Waals surface area contributed by atoms with Gasteiger partial charge in [-0.25, -0.2) is 4.39 Å². The molecule has 6 nitrogen and oxygen atoms in total. The van der Waals surface area contributed by atoms with E-state index in [0.29, 0.717) is 5.57 Å². The molecule has 1 rings (SSSR count). The minimum atomic E-state index is -3.81. The lowest BCUT2D eigenvalue weighted by atomic mass is 10.00. The molecule has 8 heteroatoms. The van der Waals surface area contributed by atoms with Gasteiger partial charge >= 0.3 is 0 Å². The first kappa shape index (κ1) is 22.0. The molecule has 0 saturated heterocycles. The van der Waals surface area contributed by atoms with Crippen LogP contribution in [0.15, 0.2) is 48.1 Å². The number of ketones is 1. The average molecular weight is 383 g/mol. The molecule has 0 heterocycles. The number of carbonyl (C=O) groups is 2. The third-order valence-corrected chi connectivity index (χ3v) is 4.21. The van der Waals surface area contributed by atoms with Gasteiger partial charge in [-0.05, 0) is 56.9 Å². The smallest absolute Gasteiger partial charge is 0.251 e. The zero-order chi connectivity index (χ0) is 20.1. The standard InChI is InChI=1S/C18H23FNO5P/c1-11(13(3)21)10-12(2)17(14(4)25-26(5,23)24)20-18(22)15-6-8-16(19)9-7-15/h6-10,14,17,23-24H,1,5H2,2-4H3,(H,20,22)/b12-10+/t14-,17-/m0/s1. The van der Waals surface area contributed by atoms with Crippen molar-refractivity contribution in [2.45, 2.75) is 32.9 Å². The van der Waals surface area contributed by atoms with E-state index in [-0.39, 0.29) is 16.9 Å². The first-order valence-electron chi connectivity index (χ1n) is 7.72. The molecule has 0 radical (unpaired) electrons. The number of nitrogens with one attached hydrogen (secondary N) is 1. The summed E-state index contributed by atoms with van der Waals surface area (Å²) < 4.78 is 18.1. The van der Waals surface area contributed by atoms with Gasteiger partial charge in [0.2, 0.25) is 7.57 Å². The maximum Gasteiger partial charge on any atom is 0.251 e. The largest absolute Gasteiger partial charge is 0.343 e. The van der Waals surface area contributed by atoms with Crippen LogP contribution in [0.25, 0.3) is 0 Å². The summed E-state index contributed by atoms with van der Waals surface area (Å²) in [5, 5.41) is 2.68. The molecule has 3 N–H and O–H groups in total. The first-order valence-corrected chi connectivity index (χ1v) is 9.52. The second-order valence-corrected chi connectivity index (χ2v) is 7.44. The van der Waals surface area contributed by atoms with Gasteiger partial charge in [-0.2, -0.15) is 0 Å². The zero-order valence-corrected chi connectivity index (χ0v) is 15.8. The van der Waals surface area contributed by atoms with Gasteiger partial charge in [0, 0.05) is 11.1 Å². The summed E-state index contributed by atoms with van der Waals surface area (Å²) in [6.45, 7) is 8.15. The maximum atomic E-state index is 13.0. The Kier molecular flexibility index (Phi) is 7.66. The van der Waals surface area contributed by atoms with Crippen molar-refractivity contribution >= 4 is 25.6 Å². The van der Waals surface area contributed by atoms with Gasteiger partial charge in [0.05, 0.1) is 12.1 Å². The molecule has 0 spiro atoms. The molecule has 1 aromatic carbocycles. The number of hydrogen-bond acceptors (Lipinski definition) is 5. The normalized spacial score (nSPS) is 14.5. The molecule has 142 valence electrons. The quantitative estimate of drug-likeness (QED) is 0.364. The van der Waals surface area contributed by atoms with E-state index in [1.807, 2.05) is 0 Å². The van der Waals surface area contributed by atoms with Gasteiger partial charge in [-0.1, -0.05) is 12.7 Å². The Labute approximate surface area is 152 Å². The molecular weight excluding hydrogens is 360 g/mol. The summed E-state index contributed by atoms with van der Waals surface area (Å²) in [6.07, 6.45) is 3.76. The van der Waals surface area contributed by atoms with Crippen molar-refractivity contribution in [3.63, 3.8) is 0 Å². The van der Waals surface area contributed by atoms with Crippen molar-refractivity contribution in [3.05, 3.63) is 59.4 Å². The summed E-state index contributed by atoms with van der Waals surface area (Å²) >= 11 is 0. The highest BCUT2D eigenvalue weighted by Crippen LogP contribution is 2.38. The van der Waals surface area contributed by atoms with Crippen molar-refractivity contribution in [1.29, 1.82) is 0 Å². The minimum Gasteiger partial charge on any atom is -0.343 e. The molecule has 1 amide bonds. The molecule has 0 aliphatic rings. The van der Waals surface area contributed by atoms with Gasteiger partial charge in [-0.3, -0.25) is 9.59 Å². The van der Waals surface area contributed by atoms with Crippen LogP contribution in [-0.2, 0) is 9.32 Å². The lowest BCUT2D eigenvalue weighted by Gasteiger charge is -2.28. The lowest BCUT2D eigenvalue weighted by molar-refractivity contribution is -0.113. The molecule has 0 saturated carbocycles. The summed E-state index contributed by atoms with van der Waals surface area (Å²) in [5.41, 5.74) is 0.950. The molecule has 0 fully saturated rings. The monoisotopic (exact) mass is 383 g/mol. The van der Waals surface area contributed by atoms with Crippen molar-refractivity contribution in [1.82, 2.24) is 5.32 Å². The van der Waals surface area contributed by atoms with Gasteiger partial charge < -0.3 is 19.6 Å². The molecule has 0 aromatic heterocycles. The fourth-order valence-corrected chi connectivity index (χ4v) is 2.87. The second kappa shape index (κ2) is 9.05. The number of Topliss-reactive ketones (excluding diaryl/α,β-unsaturated/α-hetero) is 1. The van der Waals surface area contributed by atoms with Gasteiger partial charge in [0.15, 0.2) is 5.78 Å². The van der Waals surface area contributed by atoms with Crippen LogP contribution in [0.5, 0.6) is 0 Å². The summed E-state index contributed by atoms with van der Waals surface area (Å²) in [4.78, 5) is 42.7. The van der Waals surface area contributed by atoms with Crippen molar-refractivity contribution < 1.29 is 28.3 Å². The van der Waals surface area contributed by atoms with E-state index in [2.05, 4.69) is 18.2 Å². The van der Waals surface area contributed by atoms with E-state index in [9.17, 15) is 23.8 Å². The first-order chi connectivity index (χ1) is 11.9. The Bertz CT molecular complexity index is 766. The summed E-state index contributed by atoms with van der Waals surface area (Å²) in [6, 6.07) is 4.13. The minimum absolute atomic E-state index is 0.213. The van der Waals surface area contributed by atoms with Crippen LogP contribution in [0.3, 0.4) is 0 Å². The molecule has 2 atom stereocenters. The van der Waals surface area contributed by atoms with Crippen LogP contribution in [0.1, 0.15) is 31.1 Å². The molecule has 0 aliphatic heterocycles. The van der Waals surface area contributed by atoms with Crippen LogP contribution in [-0.4, -0.2) is 39.9 Å². The molecule has 0 bridgehead atoms. The zero-order valence-electron chi connectivity index (χ0n) is 14.9. The van der Waals surface area contributed by atoms with Crippen molar-refractivity contribution in [2.24, 2.45) is 0 Å². The maximum absolute atomic E-state index is 13.0. The highest BCUT2D eigenvalue weighted by molar-refractivity contribution is 7.57. The van der Waals surface area contributed by atoms with Crippen LogP contribution in [0, 0.1) is 5.82 Å². The Morgan fingerprint density at radius 2 is 1.81 bits per heavy atom. The number of hydrogen-bond donors (Lipinski definition) is 3. The van der Waals surface area contributed by atoms with Gasteiger partial charge in [-0.15, -0.1) is 0 Å². The summed E-state index contributed by atoms with van der Waals surface area (Å²) in [5.74, 6) is -1.24. The van der Waals surface area contributed by atoms with E-state index < -0.39 is 31.4 Å². The van der Waals surface area contributed by atoms with Gasteiger partial charge in [0.1, 0.15) is 5.82 Å². The number of rotatable bonds is 8. The van der Waals surface area contributed by atoms with Crippen molar-refractivity contribution in [3.8, 4) is 0 Å². The fourth-order valence-electron chi connectivity index (χ4n) is 2.22. The number of carbonyl (C=O) groups excluding carboxylic acids is 2. The van der Waals surface area contributed by atoms with E-state index in [1.54, 1.807) is 6.92 Å². The lowest BCUT2D eigenvalue weighted by Crippen LogP contribution is -2.44. The summed E-state index contributed by atoms with van der Waals surface area (Å²) in [7, 11) is -3.81. The van der Waals surface area contributed by atoms with Crippen molar-refractivity contribution in [2.75, 3.05) is 0 Å². The predicted molar refractivity (Wildman–Crippen MR) is 100 cm³/mol. The predicted octanol–water partition coefficient (Wildman–Crippen LogP) is 2.60. The van der Waals surface area contributed by atoms with Crippen LogP contribution < -0.4 is 5.32 Å². The third kappa shape index (κ3) is 7.06.